The van der Waals surface area contributed by atoms with Gasteiger partial charge in [-0.15, -0.1) is 0 Å². The number of nitrogens with zero attached hydrogens (tertiary/aromatic N) is 3. The average Bonchev–Trinajstić information content (AvgIpc) is 3.14. The van der Waals surface area contributed by atoms with Gasteiger partial charge in [0.05, 0.1) is 17.8 Å². The van der Waals surface area contributed by atoms with Crippen LogP contribution in [0.5, 0.6) is 5.75 Å². The SMILES string of the molecule is CCCc1[nH]nc2c(NCc3ccc(OC)c(Cl)c3)nc(C(C)(OC)C(=O)O)nc12. The molecule has 0 aliphatic rings. The van der Waals surface area contributed by atoms with E-state index in [4.69, 9.17) is 21.1 Å². The van der Waals surface area contributed by atoms with Crippen molar-refractivity contribution in [1.29, 1.82) is 0 Å². The van der Waals surface area contributed by atoms with Crippen LogP contribution in [-0.2, 0) is 28.1 Å². The second-order valence-corrected chi connectivity index (χ2v) is 7.32. The van der Waals surface area contributed by atoms with Gasteiger partial charge in [0.1, 0.15) is 11.3 Å². The minimum atomic E-state index is -1.70. The van der Waals surface area contributed by atoms with E-state index in [0.717, 1.165) is 24.1 Å². The molecule has 0 aliphatic carbocycles. The Morgan fingerprint density at radius 3 is 2.67 bits per heavy atom. The first-order chi connectivity index (χ1) is 14.3. The molecule has 2 aromatic heterocycles. The number of carboxylic acid groups (broad SMARTS) is 1. The van der Waals surface area contributed by atoms with E-state index in [9.17, 15) is 9.90 Å². The van der Waals surface area contributed by atoms with Gasteiger partial charge in [0.2, 0.25) is 5.60 Å². The Labute approximate surface area is 178 Å². The lowest BCUT2D eigenvalue weighted by atomic mass is 10.1. The van der Waals surface area contributed by atoms with Gasteiger partial charge in [-0.3, -0.25) is 5.10 Å². The van der Waals surface area contributed by atoms with Gasteiger partial charge in [-0.2, -0.15) is 5.10 Å². The van der Waals surface area contributed by atoms with Gasteiger partial charge in [-0.1, -0.05) is 31.0 Å². The molecule has 1 unspecified atom stereocenters. The summed E-state index contributed by atoms with van der Waals surface area (Å²) < 4.78 is 10.4. The Balaban J connectivity index is 2.04. The number of aromatic amines is 1. The first kappa shape index (κ1) is 21.8. The number of hydrogen-bond donors (Lipinski definition) is 3. The molecule has 3 aromatic rings. The number of ether oxygens (including phenoxy) is 2. The van der Waals surface area contributed by atoms with E-state index in [1.165, 1.54) is 14.0 Å². The lowest BCUT2D eigenvalue weighted by Crippen LogP contribution is -2.36. The number of aliphatic carboxylic acids is 1. The van der Waals surface area contributed by atoms with Crippen LogP contribution < -0.4 is 10.1 Å². The van der Waals surface area contributed by atoms with E-state index in [-0.39, 0.29) is 5.82 Å². The number of fused-ring (bicyclic) bond motifs is 1. The van der Waals surface area contributed by atoms with Crippen molar-refractivity contribution in [2.45, 2.75) is 38.8 Å². The van der Waals surface area contributed by atoms with Gasteiger partial charge in [0, 0.05) is 13.7 Å². The van der Waals surface area contributed by atoms with Crippen molar-refractivity contribution < 1.29 is 19.4 Å². The molecule has 0 amide bonds. The van der Waals surface area contributed by atoms with E-state index in [1.807, 2.05) is 13.0 Å². The minimum absolute atomic E-state index is 0.0408. The zero-order valence-electron chi connectivity index (χ0n) is 17.2. The van der Waals surface area contributed by atoms with Crippen LogP contribution in [0.25, 0.3) is 11.0 Å². The van der Waals surface area contributed by atoms with Crippen LogP contribution in [0.15, 0.2) is 18.2 Å². The Bertz CT molecular complexity index is 1070. The first-order valence-corrected chi connectivity index (χ1v) is 9.82. The fraction of sp³-hybridized carbons (Fsp3) is 0.400. The molecule has 0 saturated heterocycles. The quantitative estimate of drug-likeness (QED) is 0.468. The fourth-order valence-corrected chi connectivity index (χ4v) is 3.27. The molecular weight excluding hydrogens is 410 g/mol. The molecule has 0 radical (unpaired) electrons. The molecule has 9 nitrogen and oxygen atoms in total. The summed E-state index contributed by atoms with van der Waals surface area (Å²) >= 11 is 6.21. The van der Waals surface area contributed by atoms with Crippen molar-refractivity contribution in [3.05, 3.63) is 40.3 Å². The topological polar surface area (TPSA) is 122 Å². The molecule has 1 aromatic carbocycles. The maximum atomic E-state index is 11.9. The molecule has 0 bridgehead atoms. The molecule has 160 valence electrons. The number of halogens is 1. The number of aromatic nitrogens is 4. The number of rotatable bonds is 9. The number of nitrogens with one attached hydrogen (secondary N) is 2. The van der Waals surface area contributed by atoms with Gasteiger partial charge >= 0.3 is 5.97 Å². The van der Waals surface area contributed by atoms with E-state index in [2.05, 4.69) is 25.5 Å². The van der Waals surface area contributed by atoms with Gasteiger partial charge in [-0.25, -0.2) is 14.8 Å². The molecule has 3 rings (SSSR count). The van der Waals surface area contributed by atoms with Crippen molar-refractivity contribution in [3.63, 3.8) is 0 Å². The van der Waals surface area contributed by atoms with Crippen molar-refractivity contribution in [3.8, 4) is 5.75 Å². The summed E-state index contributed by atoms with van der Waals surface area (Å²) in [5.41, 5.74) is 1.11. The van der Waals surface area contributed by atoms with Gasteiger partial charge < -0.3 is 19.9 Å². The Hall–Kier alpha value is -2.91. The summed E-state index contributed by atoms with van der Waals surface area (Å²) in [6.45, 7) is 3.85. The van der Waals surface area contributed by atoms with Crippen molar-refractivity contribution >= 4 is 34.4 Å². The lowest BCUT2D eigenvalue weighted by molar-refractivity contribution is -0.162. The Morgan fingerprint density at radius 2 is 2.07 bits per heavy atom. The highest BCUT2D eigenvalue weighted by molar-refractivity contribution is 6.32. The zero-order chi connectivity index (χ0) is 21.9. The zero-order valence-corrected chi connectivity index (χ0v) is 18.0. The summed E-state index contributed by atoms with van der Waals surface area (Å²) in [5.74, 6) is -0.150. The Kier molecular flexibility index (Phi) is 6.42. The average molecular weight is 434 g/mol. The van der Waals surface area contributed by atoms with Crippen LogP contribution in [-0.4, -0.2) is 45.5 Å². The molecular formula is C20H24ClN5O4. The number of aryl methyl sites for hydroxylation is 1. The molecule has 1 atom stereocenters. The summed E-state index contributed by atoms with van der Waals surface area (Å²) in [6.07, 6.45) is 1.60. The smallest absolute Gasteiger partial charge is 0.343 e. The minimum Gasteiger partial charge on any atom is -0.495 e. The molecule has 30 heavy (non-hydrogen) atoms. The maximum absolute atomic E-state index is 11.9. The number of anilines is 1. The summed E-state index contributed by atoms with van der Waals surface area (Å²) in [7, 11) is 2.87. The number of carboxylic acids is 1. The third-order valence-corrected chi connectivity index (χ3v) is 5.19. The highest BCUT2D eigenvalue weighted by Gasteiger charge is 2.39. The van der Waals surface area contributed by atoms with Crippen LogP contribution >= 0.6 is 11.6 Å². The second kappa shape index (κ2) is 8.85. The molecule has 10 heteroatoms. The van der Waals surface area contributed by atoms with Crippen LogP contribution in [0.4, 0.5) is 5.82 Å². The summed E-state index contributed by atoms with van der Waals surface area (Å²) in [4.78, 5) is 20.8. The number of hydrogen-bond acceptors (Lipinski definition) is 7. The van der Waals surface area contributed by atoms with Crippen LogP contribution in [0.1, 0.15) is 37.4 Å². The molecule has 0 spiro atoms. The number of methoxy groups -OCH3 is 2. The third kappa shape index (κ3) is 4.03. The van der Waals surface area contributed by atoms with Gasteiger partial charge in [0.25, 0.3) is 0 Å². The molecule has 0 fully saturated rings. The predicted molar refractivity (Wildman–Crippen MR) is 113 cm³/mol. The molecule has 0 saturated carbocycles. The fourth-order valence-electron chi connectivity index (χ4n) is 2.99. The van der Waals surface area contributed by atoms with Gasteiger partial charge in [0.15, 0.2) is 17.2 Å². The molecule has 3 N–H and O–H groups in total. The molecule has 0 aliphatic heterocycles. The van der Waals surface area contributed by atoms with Crippen molar-refractivity contribution in [2.75, 3.05) is 19.5 Å². The monoisotopic (exact) mass is 433 g/mol. The Morgan fingerprint density at radius 1 is 1.30 bits per heavy atom. The van der Waals surface area contributed by atoms with Crippen LogP contribution in [0.3, 0.4) is 0 Å². The van der Waals surface area contributed by atoms with Crippen LogP contribution in [0, 0.1) is 0 Å². The highest BCUT2D eigenvalue weighted by atomic mass is 35.5. The highest BCUT2D eigenvalue weighted by Crippen LogP contribution is 2.29. The summed E-state index contributed by atoms with van der Waals surface area (Å²) in [5, 5.41) is 20.7. The number of benzene rings is 1. The van der Waals surface area contributed by atoms with E-state index >= 15 is 0 Å². The largest absolute Gasteiger partial charge is 0.495 e. The second-order valence-electron chi connectivity index (χ2n) is 6.91. The van der Waals surface area contributed by atoms with E-state index in [0.29, 0.717) is 34.2 Å². The molecule has 2 heterocycles. The standard InChI is InChI=1S/C20H24ClN5O4/c1-5-6-13-15-16(26-25-13)17(24-18(23-15)20(2,30-4)19(27)28)22-10-11-7-8-14(29-3)12(21)9-11/h7-9H,5-6,10H2,1-4H3,(H,25,26)(H,27,28)(H,22,23,24). The van der Waals surface area contributed by atoms with Crippen molar-refractivity contribution in [2.24, 2.45) is 0 Å². The maximum Gasteiger partial charge on any atom is 0.343 e. The predicted octanol–water partition coefficient (Wildman–Crippen LogP) is 3.53. The normalized spacial score (nSPS) is 13.2. The number of carbonyl (C=O) groups is 1. The number of H-pyrrole nitrogens is 1. The van der Waals surface area contributed by atoms with Crippen molar-refractivity contribution in [1.82, 2.24) is 20.2 Å². The summed E-state index contributed by atoms with van der Waals surface area (Å²) in [6, 6.07) is 5.44. The van der Waals surface area contributed by atoms with Gasteiger partial charge in [-0.05, 0) is 31.0 Å². The van der Waals surface area contributed by atoms with Crippen LogP contribution in [0.2, 0.25) is 5.02 Å². The first-order valence-electron chi connectivity index (χ1n) is 9.44. The van der Waals surface area contributed by atoms with E-state index < -0.39 is 11.6 Å². The van der Waals surface area contributed by atoms with E-state index in [1.54, 1.807) is 19.2 Å². The lowest BCUT2D eigenvalue weighted by Gasteiger charge is -2.22. The third-order valence-electron chi connectivity index (χ3n) is 4.89.